The summed E-state index contributed by atoms with van der Waals surface area (Å²) in [6, 6.07) is 12.2. The fourth-order valence-corrected chi connectivity index (χ4v) is 6.49. The average Bonchev–Trinajstić information content (AvgIpc) is 2.74. The van der Waals surface area contributed by atoms with Gasteiger partial charge in [-0.25, -0.2) is 4.79 Å². The van der Waals surface area contributed by atoms with Crippen LogP contribution in [0.5, 0.6) is 11.5 Å². The third-order valence-corrected chi connectivity index (χ3v) is 7.42. The summed E-state index contributed by atoms with van der Waals surface area (Å²) in [6.07, 6.45) is 10.8. The molecule has 0 radical (unpaired) electrons. The Hall–Kier alpha value is -3.28. The number of amides is 1. The topological polar surface area (TPSA) is 95.9 Å². The SMILES string of the molecule is O=C(C=COc1ccc(C23CC4CC(CC(C4)C2)C3)cc1)Nc1ccc(O)c(C(=O)O)c1. The van der Waals surface area contributed by atoms with Crippen molar-refractivity contribution >= 4 is 17.6 Å². The smallest absolute Gasteiger partial charge is 0.339 e. The van der Waals surface area contributed by atoms with Crippen LogP contribution < -0.4 is 10.1 Å². The summed E-state index contributed by atoms with van der Waals surface area (Å²) in [6.45, 7) is 0. The molecule has 4 bridgehead atoms. The first-order valence-corrected chi connectivity index (χ1v) is 11.2. The van der Waals surface area contributed by atoms with Gasteiger partial charge in [-0.15, -0.1) is 0 Å². The van der Waals surface area contributed by atoms with Gasteiger partial charge in [-0.3, -0.25) is 4.79 Å². The van der Waals surface area contributed by atoms with Crippen molar-refractivity contribution in [3.05, 3.63) is 65.9 Å². The van der Waals surface area contributed by atoms with Crippen LogP contribution in [-0.4, -0.2) is 22.1 Å². The lowest BCUT2D eigenvalue weighted by Crippen LogP contribution is -2.48. The molecule has 0 aromatic heterocycles. The number of hydrogen-bond donors (Lipinski definition) is 3. The Morgan fingerprint density at radius 3 is 2.19 bits per heavy atom. The van der Waals surface area contributed by atoms with E-state index in [-0.39, 0.29) is 17.0 Å². The molecule has 0 atom stereocenters. The zero-order chi connectivity index (χ0) is 22.3. The van der Waals surface area contributed by atoms with Gasteiger partial charge in [0.1, 0.15) is 17.1 Å². The molecule has 4 aliphatic carbocycles. The van der Waals surface area contributed by atoms with Crippen molar-refractivity contribution in [1.29, 1.82) is 0 Å². The van der Waals surface area contributed by atoms with Crippen LogP contribution in [0.2, 0.25) is 0 Å². The first kappa shape index (κ1) is 20.6. The van der Waals surface area contributed by atoms with Gasteiger partial charge in [0, 0.05) is 11.8 Å². The number of benzene rings is 2. The molecule has 0 aliphatic heterocycles. The number of rotatable bonds is 6. The van der Waals surface area contributed by atoms with Gasteiger partial charge in [0.25, 0.3) is 5.91 Å². The van der Waals surface area contributed by atoms with E-state index in [0.717, 1.165) is 17.8 Å². The van der Waals surface area contributed by atoms with Crippen molar-refractivity contribution in [1.82, 2.24) is 0 Å². The number of aromatic carboxylic acids is 1. The Kier molecular flexibility index (Phi) is 5.16. The summed E-state index contributed by atoms with van der Waals surface area (Å²) >= 11 is 0. The molecule has 3 N–H and O–H groups in total. The third-order valence-electron chi connectivity index (χ3n) is 7.42. The maximum atomic E-state index is 12.1. The van der Waals surface area contributed by atoms with E-state index in [1.54, 1.807) is 0 Å². The summed E-state index contributed by atoms with van der Waals surface area (Å²) in [7, 11) is 0. The van der Waals surface area contributed by atoms with Crippen molar-refractivity contribution in [3.8, 4) is 11.5 Å². The van der Waals surface area contributed by atoms with Crippen molar-refractivity contribution in [3.63, 3.8) is 0 Å². The first-order chi connectivity index (χ1) is 15.4. The number of ether oxygens (including phenoxy) is 1. The fraction of sp³-hybridized carbons (Fsp3) is 0.385. The molecular weight excluding hydrogens is 406 g/mol. The highest BCUT2D eigenvalue weighted by molar-refractivity contribution is 6.00. The van der Waals surface area contributed by atoms with Crippen LogP contribution in [0, 0.1) is 17.8 Å². The molecular formula is C26H27NO5. The maximum Gasteiger partial charge on any atom is 0.339 e. The van der Waals surface area contributed by atoms with Crippen molar-refractivity contribution in [2.45, 2.75) is 43.9 Å². The summed E-state index contributed by atoms with van der Waals surface area (Å²) in [5.41, 5.74) is 1.77. The molecule has 166 valence electrons. The summed E-state index contributed by atoms with van der Waals surface area (Å²) in [5.74, 6) is 1.29. The van der Waals surface area contributed by atoms with Crippen LogP contribution in [0.3, 0.4) is 0 Å². The molecule has 6 nitrogen and oxygen atoms in total. The van der Waals surface area contributed by atoms with Gasteiger partial charge in [-0.1, -0.05) is 12.1 Å². The van der Waals surface area contributed by atoms with Gasteiger partial charge in [-0.05, 0) is 97.6 Å². The molecule has 6 heteroatoms. The van der Waals surface area contributed by atoms with E-state index >= 15 is 0 Å². The lowest BCUT2D eigenvalue weighted by Gasteiger charge is -2.57. The predicted octanol–water partition coefficient (Wildman–Crippen LogP) is 5.09. The maximum absolute atomic E-state index is 12.1. The molecule has 4 aliphatic rings. The van der Waals surface area contributed by atoms with Crippen molar-refractivity contribution in [2.75, 3.05) is 5.32 Å². The number of carboxylic acid groups (broad SMARTS) is 1. The first-order valence-electron chi connectivity index (χ1n) is 11.2. The average molecular weight is 434 g/mol. The Labute approximate surface area is 186 Å². The van der Waals surface area contributed by atoms with Gasteiger partial charge in [0.2, 0.25) is 0 Å². The quantitative estimate of drug-likeness (QED) is 0.335. The molecule has 0 unspecified atom stereocenters. The molecule has 32 heavy (non-hydrogen) atoms. The van der Waals surface area contributed by atoms with Gasteiger partial charge in [-0.2, -0.15) is 0 Å². The van der Waals surface area contributed by atoms with E-state index in [1.807, 2.05) is 12.1 Å². The van der Waals surface area contributed by atoms with Crippen LogP contribution in [0.25, 0.3) is 0 Å². The second kappa shape index (κ2) is 8.01. The molecule has 2 aromatic rings. The lowest BCUT2D eigenvalue weighted by atomic mass is 9.48. The molecule has 0 heterocycles. The van der Waals surface area contributed by atoms with E-state index in [4.69, 9.17) is 9.84 Å². The van der Waals surface area contributed by atoms with Crippen LogP contribution in [0.1, 0.15) is 54.4 Å². The number of nitrogens with one attached hydrogen (secondary N) is 1. The lowest BCUT2D eigenvalue weighted by molar-refractivity contribution is -0.112. The number of hydrogen-bond acceptors (Lipinski definition) is 4. The summed E-state index contributed by atoms with van der Waals surface area (Å²) in [5, 5.41) is 21.1. The minimum absolute atomic E-state index is 0.273. The number of carboxylic acids is 1. The second-order valence-corrected chi connectivity index (χ2v) is 9.67. The molecule has 0 spiro atoms. The minimum atomic E-state index is -1.27. The van der Waals surface area contributed by atoms with Gasteiger partial charge >= 0.3 is 5.97 Å². The molecule has 4 saturated carbocycles. The third kappa shape index (κ3) is 3.97. The molecule has 1 amide bonds. The van der Waals surface area contributed by atoms with Crippen LogP contribution in [0.4, 0.5) is 5.69 Å². The molecule has 6 rings (SSSR count). The monoisotopic (exact) mass is 433 g/mol. The number of carbonyl (C=O) groups excluding carboxylic acids is 1. The van der Waals surface area contributed by atoms with E-state index < -0.39 is 11.9 Å². The Morgan fingerprint density at radius 2 is 1.59 bits per heavy atom. The van der Waals surface area contributed by atoms with Gasteiger partial charge in [0.05, 0.1) is 6.26 Å². The zero-order valence-corrected chi connectivity index (χ0v) is 17.8. The van der Waals surface area contributed by atoms with Gasteiger partial charge in [0.15, 0.2) is 0 Å². The number of phenols is 1. The minimum Gasteiger partial charge on any atom is -0.507 e. The number of carbonyl (C=O) groups is 2. The highest BCUT2D eigenvalue weighted by Gasteiger charge is 2.51. The highest BCUT2D eigenvalue weighted by atomic mass is 16.5. The number of anilines is 1. The largest absolute Gasteiger partial charge is 0.507 e. The van der Waals surface area contributed by atoms with Crippen LogP contribution in [-0.2, 0) is 10.2 Å². The fourth-order valence-electron chi connectivity index (χ4n) is 6.49. The van der Waals surface area contributed by atoms with Crippen molar-refractivity contribution in [2.24, 2.45) is 17.8 Å². The summed E-state index contributed by atoms with van der Waals surface area (Å²) < 4.78 is 5.59. The number of aromatic hydroxyl groups is 1. The Bertz CT molecular complexity index is 1040. The highest BCUT2D eigenvalue weighted by Crippen LogP contribution is 2.60. The predicted molar refractivity (Wildman–Crippen MR) is 120 cm³/mol. The normalized spacial score (nSPS) is 28.1. The van der Waals surface area contributed by atoms with E-state index in [9.17, 15) is 14.7 Å². The molecule has 0 saturated heterocycles. The summed E-state index contributed by atoms with van der Waals surface area (Å²) in [4.78, 5) is 23.2. The standard InChI is InChI=1S/C26H27NO5/c28-23-6-3-20(12-22(23)25(30)31)27-24(29)7-8-32-21-4-1-19(2-5-21)26-13-16-9-17(14-26)11-18(10-16)15-26/h1-8,12,16-18,28H,9-11,13-15H2,(H,27,29)(H,30,31). The van der Waals surface area contributed by atoms with Crippen molar-refractivity contribution < 1.29 is 24.5 Å². The van der Waals surface area contributed by atoms with Crippen LogP contribution in [0.15, 0.2) is 54.8 Å². The van der Waals surface area contributed by atoms with E-state index in [2.05, 4.69) is 17.4 Å². The molecule has 2 aromatic carbocycles. The van der Waals surface area contributed by atoms with E-state index in [0.29, 0.717) is 11.2 Å². The van der Waals surface area contributed by atoms with E-state index in [1.165, 1.54) is 74.6 Å². The molecule has 4 fully saturated rings. The Morgan fingerprint density at radius 1 is 0.969 bits per heavy atom. The zero-order valence-electron chi connectivity index (χ0n) is 17.8. The Balaban J connectivity index is 1.19. The van der Waals surface area contributed by atoms with Gasteiger partial charge < -0.3 is 20.3 Å². The van der Waals surface area contributed by atoms with Crippen LogP contribution >= 0.6 is 0 Å². The second-order valence-electron chi connectivity index (χ2n) is 9.67.